The number of nitrogens with zero attached hydrogens (tertiary/aromatic N) is 1. The summed E-state index contributed by atoms with van der Waals surface area (Å²) in [6.45, 7) is 0. The van der Waals surface area contributed by atoms with Crippen molar-refractivity contribution >= 4 is 103 Å². The van der Waals surface area contributed by atoms with Crippen LogP contribution in [0.15, 0.2) is 173 Å². The number of hydrogen-bond acceptors (Lipinski definition) is 4. The Balaban J connectivity index is 1.06. The molecule has 234 valence electrons. The average molecular weight is 658 g/mol. The highest BCUT2D eigenvalue weighted by atomic mass is 32.1. The lowest BCUT2D eigenvalue weighted by molar-refractivity contribution is 0.668. The summed E-state index contributed by atoms with van der Waals surface area (Å²) in [5, 5.41) is 9.66. The van der Waals surface area contributed by atoms with Gasteiger partial charge >= 0.3 is 0 Å². The summed E-state index contributed by atoms with van der Waals surface area (Å²) in [6.07, 6.45) is 0. The minimum absolute atomic E-state index is 0.864. The first-order chi connectivity index (χ1) is 24.7. The number of furan rings is 2. The highest BCUT2D eigenvalue weighted by Gasteiger charge is 2.18. The zero-order valence-corrected chi connectivity index (χ0v) is 27.6. The van der Waals surface area contributed by atoms with Crippen molar-refractivity contribution in [1.82, 2.24) is 0 Å². The van der Waals surface area contributed by atoms with Crippen molar-refractivity contribution in [2.24, 2.45) is 0 Å². The zero-order chi connectivity index (χ0) is 32.8. The second-order valence-corrected chi connectivity index (χ2v) is 14.0. The Morgan fingerprint density at radius 1 is 0.360 bits per heavy atom. The predicted molar refractivity (Wildman–Crippen MR) is 212 cm³/mol. The molecule has 0 aliphatic heterocycles. The van der Waals surface area contributed by atoms with Gasteiger partial charge in [0.2, 0.25) is 0 Å². The minimum Gasteiger partial charge on any atom is -0.456 e. The summed E-state index contributed by atoms with van der Waals surface area (Å²) < 4.78 is 15.2. The van der Waals surface area contributed by atoms with Gasteiger partial charge in [-0.25, -0.2) is 0 Å². The van der Waals surface area contributed by atoms with E-state index in [2.05, 4.69) is 144 Å². The fourth-order valence-electron chi connectivity index (χ4n) is 7.68. The fraction of sp³-hybridized carbons (Fsp3) is 0. The first-order valence-corrected chi connectivity index (χ1v) is 17.6. The molecule has 0 bridgehead atoms. The Labute approximate surface area is 290 Å². The van der Waals surface area contributed by atoms with Crippen LogP contribution < -0.4 is 4.90 Å². The third kappa shape index (κ3) is 4.16. The Kier molecular flexibility index (Phi) is 5.83. The molecule has 11 aromatic rings. The first-order valence-electron chi connectivity index (χ1n) is 16.8. The molecule has 50 heavy (non-hydrogen) atoms. The van der Waals surface area contributed by atoms with Crippen LogP contribution in [0.1, 0.15) is 0 Å². The predicted octanol–water partition coefficient (Wildman–Crippen LogP) is 14.1. The molecule has 0 N–H and O–H groups in total. The average Bonchev–Trinajstić information content (AvgIpc) is 3.86. The van der Waals surface area contributed by atoms with Gasteiger partial charge in [0, 0.05) is 64.8 Å². The third-order valence-corrected chi connectivity index (χ3v) is 11.2. The van der Waals surface area contributed by atoms with Crippen molar-refractivity contribution in [2.45, 2.75) is 0 Å². The van der Waals surface area contributed by atoms with Gasteiger partial charge in [0.15, 0.2) is 0 Å². The van der Waals surface area contributed by atoms with Crippen LogP contribution in [0.4, 0.5) is 17.1 Å². The van der Waals surface area contributed by atoms with Gasteiger partial charge in [0.05, 0.1) is 0 Å². The largest absolute Gasteiger partial charge is 0.456 e. The van der Waals surface area contributed by atoms with Gasteiger partial charge in [0.25, 0.3) is 0 Å². The smallest absolute Gasteiger partial charge is 0.137 e. The number of para-hydroxylation sites is 2. The molecule has 0 saturated carbocycles. The molecule has 3 aromatic heterocycles. The Morgan fingerprint density at radius 2 is 0.960 bits per heavy atom. The molecule has 8 aromatic carbocycles. The van der Waals surface area contributed by atoms with Crippen molar-refractivity contribution in [2.75, 3.05) is 4.90 Å². The molecule has 0 radical (unpaired) electrons. The highest BCUT2D eigenvalue weighted by molar-refractivity contribution is 7.26. The second kappa shape index (κ2) is 10.6. The van der Waals surface area contributed by atoms with Crippen molar-refractivity contribution in [3.8, 4) is 11.1 Å². The molecular formula is C46H27NO2S. The summed E-state index contributed by atoms with van der Waals surface area (Å²) in [7, 11) is 0. The van der Waals surface area contributed by atoms with E-state index in [9.17, 15) is 0 Å². The lowest BCUT2D eigenvalue weighted by Crippen LogP contribution is -2.09. The molecule has 0 spiro atoms. The maximum absolute atomic E-state index is 6.35. The SMILES string of the molecule is c1ccc2c(c1)oc1cc(N(c3ccc(-c4ccc5ccc6sc7ccccc7c6c5c4)cc3)c3ccc4oc5ccccc5c4c3)ccc12. The van der Waals surface area contributed by atoms with Gasteiger partial charge in [-0.3, -0.25) is 0 Å². The van der Waals surface area contributed by atoms with Crippen molar-refractivity contribution in [1.29, 1.82) is 0 Å². The lowest BCUT2D eigenvalue weighted by Gasteiger charge is -2.25. The molecule has 0 atom stereocenters. The first kappa shape index (κ1) is 27.6. The van der Waals surface area contributed by atoms with Crippen LogP contribution in [0.5, 0.6) is 0 Å². The molecule has 0 unspecified atom stereocenters. The molecule has 3 heterocycles. The topological polar surface area (TPSA) is 29.5 Å². The van der Waals surface area contributed by atoms with E-state index in [1.165, 1.54) is 42.1 Å². The quantitative estimate of drug-likeness (QED) is 0.189. The fourth-order valence-corrected chi connectivity index (χ4v) is 8.80. The Morgan fingerprint density at radius 3 is 1.80 bits per heavy atom. The monoisotopic (exact) mass is 657 g/mol. The molecule has 0 fully saturated rings. The van der Waals surface area contributed by atoms with E-state index in [4.69, 9.17) is 8.83 Å². The normalized spacial score (nSPS) is 12.0. The number of benzene rings is 8. The van der Waals surface area contributed by atoms with E-state index in [0.717, 1.165) is 60.9 Å². The Bertz CT molecular complexity index is 3110. The maximum Gasteiger partial charge on any atom is 0.137 e. The van der Waals surface area contributed by atoms with Gasteiger partial charge in [0.1, 0.15) is 22.3 Å². The van der Waals surface area contributed by atoms with E-state index in [1.54, 1.807) is 0 Å². The molecular weight excluding hydrogens is 631 g/mol. The van der Waals surface area contributed by atoms with Gasteiger partial charge in [-0.2, -0.15) is 0 Å². The number of anilines is 3. The molecule has 3 nitrogen and oxygen atoms in total. The maximum atomic E-state index is 6.35. The minimum atomic E-state index is 0.864. The Hall–Kier alpha value is -6.36. The molecule has 0 saturated heterocycles. The van der Waals surface area contributed by atoms with E-state index < -0.39 is 0 Å². The van der Waals surface area contributed by atoms with Gasteiger partial charge in [-0.05, 0) is 94.7 Å². The summed E-state index contributed by atoms with van der Waals surface area (Å²) in [4.78, 5) is 2.30. The van der Waals surface area contributed by atoms with Crippen LogP contribution in [0, 0.1) is 0 Å². The number of hydrogen-bond donors (Lipinski definition) is 0. The van der Waals surface area contributed by atoms with E-state index in [-0.39, 0.29) is 0 Å². The van der Waals surface area contributed by atoms with Crippen LogP contribution in [-0.2, 0) is 0 Å². The van der Waals surface area contributed by atoms with Crippen molar-refractivity contribution in [3.63, 3.8) is 0 Å². The molecule has 0 aliphatic carbocycles. The molecule has 11 rings (SSSR count). The summed E-state index contributed by atoms with van der Waals surface area (Å²) in [5.74, 6) is 0. The van der Waals surface area contributed by atoms with Gasteiger partial charge in [-0.1, -0.05) is 84.9 Å². The summed E-state index contributed by atoms with van der Waals surface area (Å²) in [6, 6.07) is 58.4. The standard InChI is InChI=1S/C46H27NO2S/c1-4-10-40-34(7-1)36-22-20-33(27-43(36)49-40)47(32-21-23-42-39(26-32)35-8-2-5-11-41(35)48-42)31-18-15-28(16-19-31)30-14-13-29-17-24-45-46(38(29)25-30)37-9-3-6-12-44(37)50-45/h1-27H. The van der Waals surface area contributed by atoms with Crippen molar-refractivity contribution < 1.29 is 8.83 Å². The molecule has 0 aliphatic rings. The van der Waals surface area contributed by atoms with Crippen LogP contribution >= 0.6 is 11.3 Å². The van der Waals surface area contributed by atoms with E-state index in [0.29, 0.717) is 0 Å². The molecule has 4 heteroatoms. The lowest BCUT2D eigenvalue weighted by atomic mass is 9.98. The van der Waals surface area contributed by atoms with Crippen LogP contribution in [0.2, 0.25) is 0 Å². The van der Waals surface area contributed by atoms with Gasteiger partial charge < -0.3 is 13.7 Å². The van der Waals surface area contributed by atoms with Crippen molar-refractivity contribution in [3.05, 3.63) is 164 Å². The third-order valence-electron chi connectivity index (χ3n) is 10.1. The van der Waals surface area contributed by atoms with Crippen LogP contribution in [0.25, 0.3) is 85.9 Å². The second-order valence-electron chi connectivity index (χ2n) is 12.9. The molecule has 0 amide bonds. The number of rotatable bonds is 4. The highest BCUT2D eigenvalue weighted by Crippen LogP contribution is 2.43. The number of thiophene rings is 1. The summed E-state index contributed by atoms with van der Waals surface area (Å²) >= 11 is 1.86. The number of fused-ring (bicyclic) bond motifs is 11. The van der Waals surface area contributed by atoms with Crippen LogP contribution in [0.3, 0.4) is 0 Å². The summed E-state index contributed by atoms with van der Waals surface area (Å²) in [5.41, 5.74) is 9.03. The van der Waals surface area contributed by atoms with Gasteiger partial charge in [-0.15, -0.1) is 11.3 Å². The van der Waals surface area contributed by atoms with Crippen LogP contribution in [-0.4, -0.2) is 0 Å². The zero-order valence-electron chi connectivity index (χ0n) is 26.8. The van der Waals surface area contributed by atoms with E-state index in [1.807, 2.05) is 35.6 Å². The van der Waals surface area contributed by atoms with E-state index >= 15 is 0 Å².